The van der Waals surface area contributed by atoms with Crippen LogP contribution < -0.4 is 0 Å². The van der Waals surface area contributed by atoms with Gasteiger partial charge in [-0.2, -0.15) is 21.0 Å². The molecule has 1 aromatic rings. The molecular formula is C18H16F2N4. The van der Waals surface area contributed by atoms with Crippen molar-refractivity contribution in [2.45, 2.75) is 51.4 Å². The molecule has 0 amide bonds. The Labute approximate surface area is 140 Å². The minimum absolute atomic E-state index is 0.0329. The molecule has 0 aromatic heterocycles. The molecule has 4 nitrogen and oxygen atoms in total. The smallest absolute Gasteiger partial charge is 0.130 e. The lowest BCUT2D eigenvalue weighted by Gasteiger charge is -2.18. The minimum atomic E-state index is -0.609. The minimum Gasteiger partial charge on any atom is -0.206 e. The molecule has 6 heteroatoms. The summed E-state index contributed by atoms with van der Waals surface area (Å²) in [6.07, 6.45) is 0.346. The van der Waals surface area contributed by atoms with E-state index in [1.165, 1.54) is 0 Å². The van der Waals surface area contributed by atoms with E-state index in [4.69, 9.17) is 21.0 Å². The number of nitrogens with zero attached hydrogens (tertiary/aromatic N) is 4. The molecule has 0 aliphatic carbocycles. The van der Waals surface area contributed by atoms with Crippen LogP contribution in [0.15, 0.2) is 0 Å². The van der Waals surface area contributed by atoms with Crippen molar-refractivity contribution in [3.05, 3.63) is 33.9 Å². The van der Waals surface area contributed by atoms with Crippen LogP contribution in [0.25, 0.3) is 0 Å². The average Bonchev–Trinajstić information content (AvgIpc) is 2.59. The van der Waals surface area contributed by atoms with Gasteiger partial charge in [0.05, 0.1) is 24.3 Å². The van der Waals surface area contributed by atoms with Crippen molar-refractivity contribution in [1.29, 1.82) is 21.0 Å². The van der Waals surface area contributed by atoms with Gasteiger partial charge in [-0.25, -0.2) is 8.78 Å². The van der Waals surface area contributed by atoms with E-state index >= 15 is 0 Å². The lowest BCUT2D eigenvalue weighted by atomic mass is 9.88. The molecule has 0 aliphatic heterocycles. The van der Waals surface area contributed by atoms with E-state index in [0.29, 0.717) is 0 Å². The van der Waals surface area contributed by atoms with Gasteiger partial charge in [-0.3, -0.25) is 0 Å². The number of hydrogen-bond acceptors (Lipinski definition) is 4. The summed E-state index contributed by atoms with van der Waals surface area (Å²) in [5.41, 5.74) is 0.437. The van der Waals surface area contributed by atoms with Crippen molar-refractivity contribution < 1.29 is 8.78 Å². The molecule has 122 valence electrons. The number of rotatable bonds is 8. The first-order valence-electron chi connectivity index (χ1n) is 7.60. The molecule has 0 spiro atoms. The highest BCUT2D eigenvalue weighted by molar-refractivity contribution is 5.43. The Morgan fingerprint density at radius 1 is 0.500 bits per heavy atom. The molecule has 0 saturated heterocycles. The number of hydrogen-bond donors (Lipinski definition) is 0. The fraction of sp³-hybridized carbons (Fsp3) is 0.444. The summed E-state index contributed by atoms with van der Waals surface area (Å²) in [5.74, 6) is -1.22. The second kappa shape index (κ2) is 9.94. The van der Waals surface area contributed by atoms with Crippen LogP contribution in [0, 0.1) is 57.0 Å². The van der Waals surface area contributed by atoms with Crippen molar-refractivity contribution in [3.63, 3.8) is 0 Å². The Hall–Kier alpha value is -2.96. The number of nitriles is 4. The van der Waals surface area contributed by atoms with E-state index in [0.717, 1.165) is 0 Å². The van der Waals surface area contributed by atoms with E-state index in [2.05, 4.69) is 0 Å². The summed E-state index contributed by atoms with van der Waals surface area (Å²) in [6.45, 7) is 0. The average molecular weight is 326 g/mol. The van der Waals surface area contributed by atoms with Crippen LogP contribution in [0.5, 0.6) is 0 Å². The van der Waals surface area contributed by atoms with E-state index < -0.39 is 11.6 Å². The van der Waals surface area contributed by atoms with Crippen molar-refractivity contribution in [2.75, 3.05) is 0 Å². The first kappa shape index (κ1) is 19.1. The molecular weight excluding hydrogens is 310 g/mol. The maximum absolute atomic E-state index is 14.9. The van der Waals surface area contributed by atoms with Crippen molar-refractivity contribution in [1.82, 2.24) is 0 Å². The summed E-state index contributed by atoms with van der Waals surface area (Å²) in [6, 6.07) is 7.63. The van der Waals surface area contributed by atoms with Gasteiger partial charge in [0.15, 0.2) is 0 Å². The summed E-state index contributed by atoms with van der Waals surface area (Å²) in [4.78, 5) is 0. The molecule has 0 fully saturated rings. The van der Waals surface area contributed by atoms with Gasteiger partial charge in [-0.1, -0.05) is 0 Å². The first-order valence-corrected chi connectivity index (χ1v) is 7.60. The summed E-state index contributed by atoms with van der Waals surface area (Å²) >= 11 is 0. The quantitative estimate of drug-likeness (QED) is 0.726. The molecule has 0 radical (unpaired) electrons. The Balaban J connectivity index is 3.53. The Kier molecular flexibility index (Phi) is 7.90. The van der Waals surface area contributed by atoms with Crippen LogP contribution in [0.4, 0.5) is 8.78 Å². The van der Waals surface area contributed by atoms with E-state index in [1.54, 1.807) is 0 Å². The normalized spacial score (nSPS) is 9.58. The van der Waals surface area contributed by atoms with Gasteiger partial charge >= 0.3 is 0 Å². The molecule has 0 heterocycles. The molecule has 0 N–H and O–H groups in total. The van der Waals surface area contributed by atoms with Gasteiger partial charge in [0.2, 0.25) is 0 Å². The molecule has 0 bridgehead atoms. The molecule has 0 saturated carbocycles. The topological polar surface area (TPSA) is 95.2 Å². The van der Waals surface area contributed by atoms with Crippen LogP contribution >= 0.6 is 0 Å². The molecule has 0 atom stereocenters. The predicted octanol–water partition coefficient (Wildman–Crippen LogP) is 3.79. The predicted molar refractivity (Wildman–Crippen MR) is 82.1 cm³/mol. The molecule has 1 aromatic carbocycles. The fourth-order valence-corrected chi connectivity index (χ4v) is 2.66. The third-order valence-electron chi connectivity index (χ3n) is 3.74. The number of halogens is 2. The Morgan fingerprint density at radius 3 is 0.875 bits per heavy atom. The van der Waals surface area contributed by atoms with Gasteiger partial charge in [0.1, 0.15) is 11.6 Å². The zero-order valence-corrected chi connectivity index (χ0v) is 13.2. The monoisotopic (exact) mass is 326 g/mol. The van der Waals surface area contributed by atoms with Gasteiger partial charge < -0.3 is 0 Å². The molecule has 0 unspecified atom stereocenters. The number of benzene rings is 1. The highest BCUT2D eigenvalue weighted by Crippen LogP contribution is 2.30. The maximum Gasteiger partial charge on any atom is 0.130 e. The van der Waals surface area contributed by atoms with Crippen molar-refractivity contribution in [3.8, 4) is 24.3 Å². The summed E-state index contributed by atoms with van der Waals surface area (Å²) in [7, 11) is 0. The summed E-state index contributed by atoms with van der Waals surface area (Å²) < 4.78 is 29.8. The van der Waals surface area contributed by atoms with E-state index in [1.807, 2.05) is 24.3 Å². The second-order valence-corrected chi connectivity index (χ2v) is 5.17. The largest absolute Gasteiger partial charge is 0.206 e. The summed E-state index contributed by atoms with van der Waals surface area (Å²) in [5, 5.41) is 35.0. The Bertz CT molecular complexity index is 632. The molecule has 1 rings (SSSR count). The van der Waals surface area contributed by atoms with E-state index in [-0.39, 0.29) is 73.6 Å². The zero-order chi connectivity index (χ0) is 17.9. The van der Waals surface area contributed by atoms with Crippen LogP contribution in [0.3, 0.4) is 0 Å². The molecule has 0 aliphatic rings. The Morgan fingerprint density at radius 2 is 0.708 bits per heavy atom. The highest BCUT2D eigenvalue weighted by atomic mass is 19.1. The first-order chi connectivity index (χ1) is 11.6. The van der Waals surface area contributed by atoms with Crippen LogP contribution in [0.1, 0.15) is 47.9 Å². The van der Waals surface area contributed by atoms with Crippen molar-refractivity contribution >= 4 is 0 Å². The van der Waals surface area contributed by atoms with Crippen molar-refractivity contribution in [2.24, 2.45) is 0 Å². The van der Waals surface area contributed by atoms with Gasteiger partial charge in [-0.15, -0.1) is 0 Å². The van der Waals surface area contributed by atoms with Crippen LogP contribution in [-0.2, 0) is 25.7 Å². The maximum atomic E-state index is 14.9. The third kappa shape index (κ3) is 4.52. The van der Waals surface area contributed by atoms with E-state index in [9.17, 15) is 8.78 Å². The second-order valence-electron chi connectivity index (χ2n) is 5.17. The van der Waals surface area contributed by atoms with Crippen LogP contribution in [0.2, 0.25) is 0 Å². The zero-order valence-electron chi connectivity index (χ0n) is 13.2. The SMILES string of the molecule is N#CCCc1c(F)c(CCC#N)c(CCC#N)c(F)c1CCC#N. The van der Waals surface area contributed by atoms with Crippen LogP contribution in [-0.4, -0.2) is 0 Å². The van der Waals surface area contributed by atoms with Gasteiger partial charge in [0.25, 0.3) is 0 Å². The highest BCUT2D eigenvalue weighted by Gasteiger charge is 2.23. The van der Waals surface area contributed by atoms with Gasteiger partial charge in [0, 0.05) is 25.7 Å². The lowest BCUT2D eigenvalue weighted by molar-refractivity contribution is 0.542. The lowest BCUT2D eigenvalue weighted by Crippen LogP contribution is -2.12. The fourth-order valence-electron chi connectivity index (χ4n) is 2.66. The third-order valence-corrected chi connectivity index (χ3v) is 3.74. The van der Waals surface area contributed by atoms with Gasteiger partial charge in [-0.05, 0) is 47.9 Å². The molecule has 24 heavy (non-hydrogen) atoms. The standard InChI is InChI=1S/C18H16F2N4/c19-17-13(5-1-9-21)14(6-2-10-22)18(20)16(8-4-12-24)15(17)7-3-11-23/h1-8H2.